The Morgan fingerprint density at radius 3 is 2.38 bits per heavy atom. The second-order valence-electron chi connectivity index (χ2n) is 3.18. The van der Waals surface area contributed by atoms with Crippen LogP contribution < -0.4 is 0 Å². The van der Waals surface area contributed by atoms with Gasteiger partial charge in [-0.15, -0.1) is 17.5 Å². The molecule has 0 spiro atoms. The maximum Gasteiger partial charge on any atom is 0.453 e. The van der Waals surface area contributed by atoms with Gasteiger partial charge < -0.3 is 0 Å². The molecule has 0 radical (unpaired) electrons. The zero-order valence-corrected chi connectivity index (χ0v) is 9.22. The average Bonchev–Trinajstić information content (AvgIpc) is 2.46. The number of rotatable bonds is 0. The van der Waals surface area contributed by atoms with Gasteiger partial charge in [-0.05, 0) is 19.9 Å². The normalized spacial score (nSPS) is 11.6. The minimum atomic E-state index is -4.53. The van der Waals surface area contributed by atoms with Gasteiger partial charge in [0.05, 0.1) is 0 Å². The van der Waals surface area contributed by atoms with E-state index in [0.29, 0.717) is 11.4 Å². The van der Waals surface area contributed by atoms with Gasteiger partial charge in [0.25, 0.3) is 11.6 Å². The summed E-state index contributed by atoms with van der Waals surface area (Å²) in [5.41, 5.74) is 1.18. The first-order valence-electron chi connectivity index (χ1n) is 4.16. The minimum Gasteiger partial charge on any atom is -0.216 e. The summed E-state index contributed by atoms with van der Waals surface area (Å²) in [6.07, 6.45) is -4.53. The summed E-state index contributed by atoms with van der Waals surface area (Å²) >= 11 is 0. The number of nitrogens with zero attached hydrogens (tertiary/aromatic N) is 4. The van der Waals surface area contributed by atoms with Crippen molar-refractivity contribution < 1.29 is 13.2 Å². The maximum absolute atomic E-state index is 12.3. The molecule has 0 atom stereocenters. The summed E-state index contributed by atoms with van der Waals surface area (Å²) in [7, 11) is 0. The minimum absolute atomic E-state index is 0. The lowest BCUT2D eigenvalue weighted by atomic mass is 10.4. The van der Waals surface area contributed by atoms with Crippen LogP contribution in [0.2, 0.25) is 0 Å². The molecule has 2 heterocycles. The van der Waals surface area contributed by atoms with Crippen LogP contribution in [0.1, 0.15) is 17.2 Å². The van der Waals surface area contributed by atoms with Crippen LogP contribution in [0.25, 0.3) is 5.78 Å². The van der Waals surface area contributed by atoms with Crippen LogP contribution in [0.4, 0.5) is 13.2 Å². The van der Waals surface area contributed by atoms with Crippen LogP contribution in [-0.2, 0) is 6.18 Å². The first-order chi connectivity index (χ1) is 6.88. The third-order valence-corrected chi connectivity index (χ3v) is 1.87. The SMILES string of the molecule is Cc1cc(C)n2nc(C(F)(F)F)nc2n1.Cl. The first kappa shape index (κ1) is 12.7. The molecule has 8 heteroatoms. The number of aromatic nitrogens is 4. The van der Waals surface area contributed by atoms with Crippen LogP contribution in [0.15, 0.2) is 6.07 Å². The molecule has 0 aromatic carbocycles. The van der Waals surface area contributed by atoms with Gasteiger partial charge in [0.1, 0.15) is 0 Å². The molecular weight excluding hydrogens is 245 g/mol. The van der Waals surface area contributed by atoms with E-state index in [1.165, 1.54) is 0 Å². The number of hydrogen-bond acceptors (Lipinski definition) is 3. The van der Waals surface area contributed by atoms with Crippen LogP contribution in [0, 0.1) is 13.8 Å². The Bertz CT molecular complexity index is 520. The monoisotopic (exact) mass is 252 g/mol. The maximum atomic E-state index is 12.3. The third-order valence-electron chi connectivity index (χ3n) is 1.87. The van der Waals surface area contributed by atoms with E-state index < -0.39 is 12.0 Å². The summed E-state index contributed by atoms with van der Waals surface area (Å²) in [4.78, 5) is 7.18. The predicted octanol–water partition coefficient (Wildman–Crippen LogP) is 2.18. The molecule has 4 nitrogen and oxygen atoms in total. The van der Waals surface area contributed by atoms with Gasteiger partial charge >= 0.3 is 6.18 Å². The molecule has 0 amide bonds. The highest BCUT2D eigenvalue weighted by atomic mass is 35.5. The third kappa shape index (κ3) is 2.08. The Labute approximate surface area is 94.9 Å². The van der Waals surface area contributed by atoms with Crippen molar-refractivity contribution in [3.05, 3.63) is 23.3 Å². The Morgan fingerprint density at radius 1 is 1.19 bits per heavy atom. The second kappa shape index (κ2) is 3.89. The molecular formula is C8H8ClF3N4. The number of fused-ring (bicyclic) bond motifs is 1. The van der Waals surface area contributed by atoms with Gasteiger partial charge in [0, 0.05) is 11.4 Å². The van der Waals surface area contributed by atoms with Crippen molar-refractivity contribution in [1.82, 2.24) is 19.6 Å². The molecule has 0 aliphatic heterocycles. The highest BCUT2D eigenvalue weighted by Gasteiger charge is 2.36. The van der Waals surface area contributed by atoms with E-state index in [0.717, 1.165) is 4.52 Å². The molecule has 0 saturated carbocycles. The fourth-order valence-corrected chi connectivity index (χ4v) is 1.29. The van der Waals surface area contributed by atoms with Crippen molar-refractivity contribution in [2.75, 3.05) is 0 Å². The van der Waals surface area contributed by atoms with Crippen LogP contribution in [0.5, 0.6) is 0 Å². The zero-order valence-electron chi connectivity index (χ0n) is 8.41. The topological polar surface area (TPSA) is 43.1 Å². The Morgan fingerprint density at radius 2 is 1.81 bits per heavy atom. The highest BCUT2D eigenvalue weighted by molar-refractivity contribution is 5.85. The van der Waals surface area contributed by atoms with Crippen molar-refractivity contribution in [2.45, 2.75) is 20.0 Å². The first-order valence-corrected chi connectivity index (χ1v) is 4.16. The lowest BCUT2D eigenvalue weighted by Crippen LogP contribution is -2.07. The molecule has 2 aromatic heterocycles. The fraction of sp³-hybridized carbons (Fsp3) is 0.375. The van der Waals surface area contributed by atoms with Crippen LogP contribution in [0.3, 0.4) is 0 Å². The molecule has 2 aromatic rings. The summed E-state index contributed by atoms with van der Waals surface area (Å²) in [6.45, 7) is 3.34. The number of aryl methyl sites for hydroxylation is 2. The highest BCUT2D eigenvalue weighted by Crippen LogP contribution is 2.26. The van der Waals surface area contributed by atoms with Gasteiger partial charge in [-0.1, -0.05) is 0 Å². The lowest BCUT2D eigenvalue weighted by Gasteiger charge is -1.98. The fourth-order valence-electron chi connectivity index (χ4n) is 1.29. The number of hydrogen-bond donors (Lipinski definition) is 0. The lowest BCUT2D eigenvalue weighted by molar-refractivity contribution is -0.144. The zero-order chi connectivity index (χ0) is 11.2. The number of halogens is 4. The molecule has 2 rings (SSSR count). The van der Waals surface area contributed by atoms with E-state index in [2.05, 4.69) is 15.1 Å². The molecule has 0 unspecified atom stereocenters. The second-order valence-corrected chi connectivity index (χ2v) is 3.18. The molecule has 0 bridgehead atoms. The Balaban J connectivity index is 0.00000128. The van der Waals surface area contributed by atoms with E-state index in [9.17, 15) is 13.2 Å². The number of alkyl halides is 3. The average molecular weight is 253 g/mol. The smallest absolute Gasteiger partial charge is 0.216 e. The van der Waals surface area contributed by atoms with Crippen molar-refractivity contribution in [2.24, 2.45) is 0 Å². The summed E-state index contributed by atoms with van der Waals surface area (Å²) < 4.78 is 38.0. The van der Waals surface area contributed by atoms with Gasteiger partial charge in [-0.25, -0.2) is 9.50 Å². The van der Waals surface area contributed by atoms with E-state index in [1.807, 2.05) is 0 Å². The molecule has 0 aliphatic rings. The summed E-state index contributed by atoms with van der Waals surface area (Å²) in [5.74, 6) is -1.19. The van der Waals surface area contributed by atoms with Crippen LogP contribution in [-0.4, -0.2) is 19.6 Å². The molecule has 0 saturated heterocycles. The summed E-state index contributed by atoms with van der Waals surface area (Å²) in [5, 5.41) is 3.34. The Hall–Kier alpha value is -1.37. The van der Waals surface area contributed by atoms with Crippen molar-refractivity contribution in [3.8, 4) is 0 Å². The molecule has 88 valence electrons. The molecule has 0 aliphatic carbocycles. The largest absolute Gasteiger partial charge is 0.453 e. The van der Waals surface area contributed by atoms with Gasteiger partial charge in [0.15, 0.2) is 0 Å². The standard InChI is InChI=1S/C8H7F3N4.ClH/c1-4-3-5(2)15-7(12-4)13-6(14-15)8(9,10)11;/h3H,1-2H3;1H. The predicted molar refractivity (Wildman–Crippen MR) is 52.5 cm³/mol. The van der Waals surface area contributed by atoms with Gasteiger partial charge in [0.2, 0.25) is 0 Å². The van der Waals surface area contributed by atoms with E-state index in [4.69, 9.17) is 0 Å². The van der Waals surface area contributed by atoms with Crippen molar-refractivity contribution in [1.29, 1.82) is 0 Å². The molecule has 16 heavy (non-hydrogen) atoms. The molecule has 0 N–H and O–H groups in total. The quantitative estimate of drug-likeness (QED) is 0.722. The van der Waals surface area contributed by atoms with E-state index >= 15 is 0 Å². The molecule has 0 fully saturated rings. The van der Waals surface area contributed by atoms with Gasteiger partial charge in [-0.3, -0.25) is 0 Å². The van der Waals surface area contributed by atoms with E-state index in [1.54, 1.807) is 19.9 Å². The van der Waals surface area contributed by atoms with Gasteiger partial charge in [-0.2, -0.15) is 18.2 Å². The van der Waals surface area contributed by atoms with E-state index in [-0.39, 0.29) is 18.2 Å². The Kier molecular flexibility index (Phi) is 3.09. The van der Waals surface area contributed by atoms with Crippen molar-refractivity contribution in [3.63, 3.8) is 0 Å². The summed E-state index contributed by atoms with van der Waals surface area (Å²) in [6, 6.07) is 1.64. The van der Waals surface area contributed by atoms with Crippen molar-refractivity contribution >= 4 is 18.2 Å². The van der Waals surface area contributed by atoms with Crippen LogP contribution >= 0.6 is 12.4 Å².